The second-order valence-electron chi connectivity index (χ2n) is 5.23. The number of hydrogen-bond donors (Lipinski definition) is 1. The van der Waals surface area contributed by atoms with Crippen molar-refractivity contribution in [3.05, 3.63) is 69.0 Å². The number of fused-ring (bicyclic) bond motifs is 1. The summed E-state index contributed by atoms with van der Waals surface area (Å²) < 4.78 is 10.7. The van der Waals surface area contributed by atoms with Crippen LogP contribution in [0.3, 0.4) is 0 Å². The Hall–Kier alpha value is -2.79. The number of hydrogen-bond acceptors (Lipinski definition) is 4. The first kappa shape index (κ1) is 16.1. The summed E-state index contributed by atoms with van der Waals surface area (Å²) in [7, 11) is 1.51. The summed E-state index contributed by atoms with van der Waals surface area (Å²) in [6.07, 6.45) is 0. The summed E-state index contributed by atoms with van der Waals surface area (Å²) in [5.41, 5.74) is 1.39. The molecule has 0 bridgehead atoms. The van der Waals surface area contributed by atoms with Crippen molar-refractivity contribution in [2.24, 2.45) is 0 Å². The van der Waals surface area contributed by atoms with Gasteiger partial charge in [0.15, 0.2) is 11.2 Å². The summed E-state index contributed by atoms with van der Waals surface area (Å²) in [5, 5.41) is 3.46. The average Bonchev–Trinajstić information content (AvgIpc) is 2.56. The van der Waals surface area contributed by atoms with Crippen LogP contribution in [0, 0.1) is 6.92 Å². The number of nitrogens with one attached hydrogen (secondary N) is 1. The van der Waals surface area contributed by atoms with Crippen LogP contribution in [0.25, 0.3) is 11.0 Å². The zero-order valence-electron chi connectivity index (χ0n) is 13.1. The van der Waals surface area contributed by atoms with Crippen LogP contribution in [0.5, 0.6) is 5.75 Å². The van der Waals surface area contributed by atoms with Gasteiger partial charge in [0.2, 0.25) is 0 Å². The molecule has 1 amide bonds. The van der Waals surface area contributed by atoms with Gasteiger partial charge in [0.05, 0.1) is 17.5 Å². The fourth-order valence-electron chi connectivity index (χ4n) is 2.37. The number of ether oxygens (including phenoxy) is 1. The van der Waals surface area contributed by atoms with Crippen LogP contribution in [0.2, 0.25) is 5.02 Å². The number of anilines is 1. The maximum absolute atomic E-state index is 12.4. The van der Waals surface area contributed by atoms with Crippen molar-refractivity contribution in [3.8, 4) is 5.75 Å². The van der Waals surface area contributed by atoms with E-state index in [-0.39, 0.29) is 11.2 Å². The van der Waals surface area contributed by atoms with E-state index in [1.165, 1.54) is 13.2 Å². The first-order valence-corrected chi connectivity index (χ1v) is 7.56. The van der Waals surface area contributed by atoms with Crippen molar-refractivity contribution >= 4 is 34.2 Å². The van der Waals surface area contributed by atoms with Crippen molar-refractivity contribution in [1.29, 1.82) is 0 Å². The van der Waals surface area contributed by atoms with Crippen LogP contribution >= 0.6 is 11.6 Å². The second kappa shape index (κ2) is 6.37. The van der Waals surface area contributed by atoms with Crippen LogP contribution in [0.4, 0.5) is 5.69 Å². The van der Waals surface area contributed by atoms with Gasteiger partial charge in [-0.3, -0.25) is 9.59 Å². The summed E-state index contributed by atoms with van der Waals surface area (Å²) in [6, 6.07) is 11.3. The molecule has 1 heterocycles. The number of para-hydroxylation sites is 1. The Morgan fingerprint density at radius 3 is 2.71 bits per heavy atom. The van der Waals surface area contributed by atoms with Crippen molar-refractivity contribution < 1.29 is 13.9 Å². The van der Waals surface area contributed by atoms with Gasteiger partial charge in [0, 0.05) is 11.8 Å². The van der Waals surface area contributed by atoms with Crippen LogP contribution in [-0.2, 0) is 0 Å². The third-order valence-electron chi connectivity index (χ3n) is 3.59. The predicted molar refractivity (Wildman–Crippen MR) is 93.2 cm³/mol. The topological polar surface area (TPSA) is 68.5 Å². The molecule has 0 aliphatic heterocycles. The van der Waals surface area contributed by atoms with E-state index >= 15 is 0 Å². The molecule has 122 valence electrons. The van der Waals surface area contributed by atoms with Crippen molar-refractivity contribution in [3.63, 3.8) is 0 Å². The molecule has 0 fully saturated rings. The summed E-state index contributed by atoms with van der Waals surface area (Å²) in [4.78, 5) is 24.5. The van der Waals surface area contributed by atoms with Gasteiger partial charge >= 0.3 is 0 Å². The molecule has 0 saturated carbocycles. The highest BCUT2D eigenvalue weighted by Crippen LogP contribution is 2.27. The third-order valence-corrected chi connectivity index (χ3v) is 3.88. The van der Waals surface area contributed by atoms with Gasteiger partial charge in [-0.2, -0.15) is 0 Å². The minimum Gasteiger partial charge on any atom is -0.495 e. The number of amides is 1. The van der Waals surface area contributed by atoms with Crippen molar-refractivity contribution in [2.45, 2.75) is 6.92 Å². The number of methoxy groups -OCH3 is 1. The molecule has 0 aliphatic carbocycles. The van der Waals surface area contributed by atoms with E-state index in [0.717, 1.165) is 5.56 Å². The molecular weight excluding hydrogens is 330 g/mol. The molecule has 3 aromatic rings. The van der Waals surface area contributed by atoms with E-state index in [4.69, 9.17) is 20.8 Å². The normalized spacial score (nSPS) is 10.6. The molecule has 5 nitrogen and oxygen atoms in total. The Labute approximate surface area is 142 Å². The molecule has 2 aromatic carbocycles. The summed E-state index contributed by atoms with van der Waals surface area (Å²) in [5.74, 6) is -0.0882. The van der Waals surface area contributed by atoms with Crippen LogP contribution in [-0.4, -0.2) is 13.0 Å². The standard InChI is InChI=1S/C18H14ClNO4/c1-10-4-3-5-12-14(21)9-16(24-17(10)12)18(22)20-11-6-7-15(23-2)13(19)8-11/h3-9H,1-2H3,(H,20,22). The molecule has 24 heavy (non-hydrogen) atoms. The van der Waals surface area contributed by atoms with E-state index in [0.29, 0.717) is 27.4 Å². The Morgan fingerprint density at radius 1 is 1.21 bits per heavy atom. The highest BCUT2D eigenvalue weighted by atomic mass is 35.5. The quantitative estimate of drug-likeness (QED) is 0.780. The smallest absolute Gasteiger partial charge is 0.291 e. The van der Waals surface area contributed by atoms with E-state index < -0.39 is 5.91 Å². The Kier molecular flexibility index (Phi) is 4.27. The average molecular weight is 344 g/mol. The lowest BCUT2D eigenvalue weighted by Gasteiger charge is -2.08. The van der Waals surface area contributed by atoms with E-state index in [1.807, 2.05) is 13.0 Å². The molecule has 0 unspecified atom stereocenters. The predicted octanol–water partition coefficient (Wildman–Crippen LogP) is 4.02. The molecule has 0 spiro atoms. The van der Waals surface area contributed by atoms with Crippen LogP contribution in [0.1, 0.15) is 16.1 Å². The molecule has 1 N–H and O–H groups in total. The van der Waals surface area contributed by atoms with Crippen molar-refractivity contribution in [2.75, 3.05) is 12.4 Å². The molecule has 3 rings (SSSR count). The lowest BCUT2D eigenvalue weighted by molar-refractivity contribution is 0.0997. The number of halogens is 1. The first-order valence-electron chi connectivity index (χ1n) is 7.18. The molecule has 0 radical (unpaired) electrons. The number of carbonyl (C=O) groups is 1. The highest BCUT2D eigenvalue weighted by Gasteiger charge is 2.14. The fourth-order valence-corrected chi connectivity index (χ4v) is 2.62. The molecule has 0 atom stereocenters. The zero-order valence-corrected chi connectivity index (χ0v) is 13.8. The number of carbonyl (C=O) groups excluding carboxylic acids is 1. The third kappa shape index (κ3) is 2.98. The maximum Gasteiger partial charge on any atom is 0.291 e. The SMILES string of the molecule is COc1ccc(NC(=O)c2cc(=O)c3cccc(C)c3o2)cc1Cl. The van der Waals surface area contributed by atoms with Gasteiger partial charge in [0.1, 0.15) is 11.3 Å². The number of rotatable bonds is 3. The van der Waals surface area contributed by atoms with Gasteiger partial charge in [-0.1, -0.05) is 23.7 Å². The first-order chi connectivity index (χ1) is 11.5. The van der Waals surface area contributed by atoms with Gasteiger partial charge < -0.3 is 14.5 Å². The molecule has 0 aliphatic rings. The minimum absolute atomic E-state index is 0.0614. The summed E-state index contributed by atoms with van der Waals surface area (Å²) >= 11 is 6.03. The monoisotopic (exact) mass is 343 g/mol. The van der Waals surface area contributed by atoms with Crippen LogP contribution in [0.15, 0.2) is 51.7 Å². The fraction of sp³-hybridized carbons (Fsp3) is 0.111. The van der Waals surface area contributed by atoms with Gasteiger partial charge in [-0.05, 0) is 36.8 Å². The number of aryl methyl sites for hydroxylation is 1. The molecular formula is C18H14ClNO4. The molecule has 1 aromatic heterocycles. The molecule has 6 heteroatoms. The van der Waals surface area contributed by atoms with E-state index in [1.54, 1.807) is 30.3 Å². The maximum atomic E-state index is 12.4. The Bertz CT molecular complexity index is 994. The van der Waals surface area contributed by atoms with Crippen molar-refractivity contribution in [1.82, 2.24) is 0 Å². The van der Waals surface area contributed by atoms with E-state index in [9.17, 15) is 9.59 Å². The molecule has 0 saturated heterocycles. The van der Waals surface area contributed by atoms with Gasteiger partial charge in [-0.15, -0.1) is 0 Å². The van der Waals surface area contributed by atoms with Gasteiger partial charge in [0.25, 0.3) is 5.91 Å². The second-order valence-corrected chi connectivity index (χ2v) is 5.64. The lowest BCUT2D eigenvalue weighted by Crippen LogP contribution is -2.15. The van der Waals surface area contributed by atoms with Gasteiger partial charge in [-0.25, -0.2) is 0 Å². The van der Waals surface area contributed by atoms with E-state index in [2.05, 4.69) is 5.32 Å². The summed E-state index contributed by atoms with van der Waals surface area (Å²) in [6.45, 7) is 1.82. The lowest BCUT2D eigenvalue weighted by atomic mass is 10.1. The van der Waals surface area contributed by atoms with Crippen LogP contribution < -0.4 is 15.5 Å². The largest absolute Gasteiger partial charge is 0.495 e. The minimum atomic E-state index is -0.529. The Morgan fingerprint density at radius 2 is 2.00 bits per heavy atom. The number of benzene rings is 2. The highest BCUT2D eigenvalue weighted by molar-refractivity contribution is 6.32. The Balaban J connectivity index is 1.96. The zero-order chi connectivity index (χ0) is 17.3.